The summed E-state index contributed by atoms with van der Waals surface area (Å²) < 4.78 is 0. The molecule has 26 heavy (non-hydrogen) atoms. The van der Waals surface area contributed by atoms with Gasteiger partial charge in [0.25, 0.3) is 0 Å². The number of amides is 3. The Morgan fingerprint density at radius 1 is 1.27 bits per heavy atom. The Morgan fingerprint density at radius 2 is 1.96 bits per heavy atom. The van der Waals surface area contributed by atoms with Crippen molar-refractivity contribution in [3.05, 3.63) is 18.2 Å². The normalized spacial score (nSPS) is 14.0. The third kappa shape index (κ3) is 7.11. The van der Waals surface area contributed by atoms with Gasteiger partial charge in [0.1, 0.15) is 12.1 Å². The molecule has 3 unspecified atom stereocenters. The van der Waals surface area contributed by atoms with Crippen molar-refractivity contribution >= 4 is 36.3 Å². The molecule has 1 aromatic heterocycles. The molecule has 1 heterocycles. The molecular formula is C14H22N6O5S. The third-order valence-corrected chi connectivity index (χ3v) is 3.63. The van der Waals surface area contributed by atoms with Gasteiger partial charge in [0, 0.05) is 24.1 Å². The number of thiol groups is 1. The number of nitrogens with one attached hydrogen (secondary N) is 4. The summed E-state index contributed by atoms with van der Waals surface area (Å²) in [4.78, 5) is 53.1. The molecular weight excluding hydrogens is 364 g/mol. The molecule has 0 bridgehead atoms. The largest absolute Gasteiger partial charge is 0.480 e. The number of carboxylic acids is 1. The van der Waals surface area contributed by atoms with Gasteiger partial charge in [-0.25, -0.2) is 9.78 Å². The summed E-state index contributed by atoms with van der Waals surface area (Å²) in [6.45, 7) is 1.01. The number of hydrogen-bond acceptors (Lipinski definition) is 7. The van der Waals surface area contributed by atoms with E-state index < -0.39 is 48.4 Å². The van der Waals surface area contributed by atoms with E-state index in [0.717, 1.165) is 0 Å². The minimum atomic E-state index is -1.23. The van der Waals surface area contributed by atoms with Crippen molar-refractivity contribution in [1.29, 1.82) is 0 Å². The van der Waals surface area contributed by atoms with Crippen molar-refractivity contribution in [2.75, 3.05) is 12.3 Å². The Morgan fingerprint density at radius 3 is 2.46 bits per heavy atom. The van der Waals surface area contributed by atoms with Gasteiger partial charge in [-0.1, -0.05) is 0 Å². The van der Waals surface area contributed by atoms with Gasteiger partial charge >= 0.3 is 5.97 Å². The Bertz CT molecular complexity index is 636. The molecule has 0 saturated heterocycles. The van der Waals surface area contributed by atoms with Crippen LogP contribution in [0.25, 0.3) is 0 Å². The van der Waals surface area contributed by atoms with Gasteiger partial charge in [-0.05, 0) is 6.92 Å². The highest BCUT2D eigenvalue weighted by Gasteiger charge is 2.23. The minimum Gasteiger partial charge on any atom is -0.480 e. The fraction of sp³-hybridized carbons (Fsp3) is 0.500. The fourth-order valence-electron chi connectivity index (χ4n) is 1.85. The first-order valence-electron chi connectivity index (χ1n) is 7.68. The van der Waals surface area contributed by atoms with Gasteiger partial charge in [-0.2, -0.15) is 12.6 Å². The highest BCUT2D eigenvalue weighted by molar-refractivity contribution is 7.80. The molecule has 0 fully saturated rings. The monoisotopic (exact) mass is 386 g/mol. The van der Waals surface area contributed by atoms with Crippen LogP contribution in [0.1, 0.15) is 12.6 Å². The quantitative estimate of drug-likeness (QED) is 0.215. The lowest BCUT2D eigenvalue weighted by atomic mass is 10.1. The molecule has 11 nitrogen and oxygen atoms in total. The number of aromatic amines is 1. The van der Waals surface area contributed by atoms with Crippen molar-refractivity contribution in [2.24, 2.45) is 5.73 Å². The molecule has 1 aromatic rings. The second-order valence-electron chi connectivity index (χ2n) is 5.49. The Kier molecular flexibility index (Phi) is 8.58. The van der Waals surface area contributed by atoms with Crippen LogP contribution in [0.3, 0.4) is 0 Å². The van der Waals surface area contributed by atoms with E-state index in [4.69, 9.17) is 10.8 Å². The van der Waals surface area contributed by atoms with Gasteiger partial charge in [0.15, 0.2) is 0 Å². The van der Waals surface area contributed by atoms with E-state index in [0.29, 0.717) is 5.69 Å². The molecule has 3 atom stereocenters. The Labute approximate surface area is 154 Å². The molecule has 0 aromatic carbocycles. The molecule has 0 spiro atoms. The first-order chi connectivity index (χ1) is 12.2. The summed E-state index contributed by atoms with van der Waals surface area (Å²) in [5.41, 5.74) is 5.94. The average molecular weight is 386 g/mol. The zero-order valence-corrected chi connectivity index (χ0v) is 15.0. The van der Waals surface area contributed by atoms with E-state index >= 15 is 0 Å². The van der Waals surface area contributed by atoms with Crippen molar-refractivity contribution in [3.8, 4) is 0 Å². The van der Waals surface area contributed by atoms with Crippen LogP contribution in [0.5, 0.6) is 0 Å². The lowest BCUT2D eigenvalue weighted by Gasteiger charge is -2.18. The summed E-state index contributed by atoms with van der Waals surface area (Å²) in [5.74, 6) is -3.08. The van der Waals surface area contributed by atoms with Crippen molar-refractivity contribution in [3.63, 3.8) is 0 Å². The number of carbonyl (C=O) groups excluding carboxylic acids is 3. The molecule has 1 rings (SSSR count). The Hall–Kier alpha value is -2.60. The van der Waals surface area contributed by atoms with Gasteiger partial charge in [0.05, 0.1) is 18.9 Å². The van der Waals surface area contributed by atoms with Gasteiger partial charge in [-0.15, -0.1) is 0 Å². The van der Waals surface area contributed by atoms with Crippen molar-refractivity contribution in [2.45, 2.75) is 31.5 Å². The molecule has 0 saturated carbocycles. The molecule has 0 aliphatic heterocycles. The molecule has 0 radical (unpaired) electrons. The van der Waals surface area contributed by atoms with E-state index in [1.807, 2.05) is 0 Å². The van der Waals surface area contributed by atoms with E-state index in [1.165, 1.54) is 19.4 Å². The van der Waals surface area contributed by atoms with Crippen LogP contribution in [-0.4, -0.2) is 69.2 Å². The number of aromatic nitrogens is 2. The summed E-state index contributed by atoms with van der Waals surface area (Å²) in [7, 11) is 0. The molecule has 0 aliphatic carbocycles. The SMILES string of the molecule is CC(N)C(=O)NC(CS)C(=O)NCC(=O)NC(Cc1cnc[nH]1)C(=O)O. The van der Waals surface area contributed by atoms with Gasteiger partial charge in [0.2, 0.25) is 17.7 Å². The van der Waals surface area contributed by atoms with Crippen LogP contribution in [-0.2, 0) is 25.6 Å². The molecule has 144 valence electrons. The zero-order chi connectivity index (χ0) is 19.7. The van der Waals surface area contributed by atoms with Crippen LogP contribution in [0, 0.1) is 0 Å². The lowest BCUT2D eigenvalue weighted by molar-refractivity contribution is -0.141. The summed E-state index contributed by atoms with van der Waals surface area (Å²) in [6, 6.07) is -2.95. The lowest BCUT2D eigenvalue weighted by Crippen LogP contribution is -2.53. The molecule has 7 N–H and O–H groups in total. The third-order valence-electron chi connectivity index (χ3n) is 3.26. The van der Waals surface area contributed by atoms with Crippen LogP contribution in [0.2, 0.25) is 0 Å². The number of carboxylic acid groups (broad SMARTS) is 1. The van der Waals surface area contributed by atoms with E-state index in [-0.39, 0.29) is 12.2 Å². The van der Waals surface area contributed by atoms with Crippen molar-refractivity contribution in [1.82, 2.24) is 25.9 Å². The predicted octanol–water partition coefficient (Wildman–Crippen LogP) is -2.60. The molecule has 12 heteroatoms. The topological polar surface area (TPSA) is 179 Å². The van der Waals surface area contributed by atoms with E-state index in [2.05, 4.69) is 38.5 Å². The van der Waals surface area contributed by atoms with Crippen LogP contribution in [0.15, 0.2) is 12.5 Å². The minimum absolute atomic E-state index is 0.00346. The highest BCUT2D eigenvalue weighted by atomic mass is 32.1. The van der Waals surface area contributed by atoms with E-state index in [9.17, 15) is 19.2 Å². The number of aliphatic carboxylic acids is 1. The number of nitrogens with two attached hydrogens (primary N) is 1. The van der Waals surface area contributed by atoms with Crippen LogP contribution >= 0.6 is 12.6 Å². The smallest absolute Gasteiger partial charge is 0.326 e. The summed E-state index contributed by atoms with van der Waals surface area (Å²) in [6.07, 6.45) is 2.85. The fourth-order valence-corrected chi connectivity index (χ4v) is 2.11. The number of rotatable bonds is 10. The maximum Gasteiger partial charge on any atom is 0.326 e. The van der Waals surface area contributed by atoms with E-state index in [1.54, 1.807) is 0 Å². The second-order valence-corrected chi connectivity index (χ2v) is 5.85. The second kappa shape index (κ2) is 10.4. The maximum absolute atomic E-state index is 12.0. The number of nitrogens with zero attached hydrogens (tertiary/aromatic N) is 1. The standard InChI is InChI=1S/C14H22N6O5S/c1-7(15)12(22)20-10(5-26)13(23)17-4-11(21)19-9(14(24)25)2-8-3-16-6-18-8/h3,6-7,9-10,26H,2,4-5,15H2,1H3,(H,16,18)(H,17,23)(H,19,21)(H,20,22)(H,24,25). The summed E-state index contributed by atoms with van der Waals surface area (Å²) in [5, 5.41) is 16.2. The van der Waals surface area contributed by atoms with Gasteiger partial charge in [-0.3, -0.25) is 14.4 Å². The van der Waals surface area contributed by atoms with Crippen LogP contribution in [0.4, 0.5) is 0 Å². The maximum atomic E-state index is 12.0. The van der Waals surface area contributed by atoms with Gasteiger partial charge < -0.3 is 31.8 Å². The average Bonchev–Trinajstić information content (AvgIpc) is 3.09. The van der Waals surface area contributed by atoms with Crippen molar-refractivity contribution < 1.29 is 24.3 Å². The number of carbonyl (C=O) groups is 4. The first kappa shape index (κ1) is 21.4. The number of hydrogen-bond donors (Lipinski definition) is 7. The summed E-state index contributed by atoms with van der Waals surface area (Å²) >= 11 is 3.97. The zero-order valence-electron chi connectivity index (χ0n) is 14.1. The highest BCUT2D eigenvalue weighted by Crippen LogP contribution is 1.99. The first-order valence-corrected chi connectivity index (χ1v) is 8.31. The molecule has 3 amide bonds. The predicted molar refractivity (Wildman–Crippen MR) is 94.3 cm³/mol. The number of imidazole rings is 1. The number of H-pyrrole nitrogens is 1. The molecule has 0 aliphatic rings. The Balaban J connectivity index is 2.51. The van der Waals surface area contributed by atoms with Crippen LogP contribution < -0.4 is 21.7 Å².